The van der Waals surface area contributed by atoms with Crippen LogP contribution in [0.15, 0.2) is 35.4 Å². The number of Topliss-reactive ketones (excluding diaryl/α,β-unsaturated/α-hetero) is 1. The highest BCUT2D eigenvalue weighted by molar-refractivity contribution is 7.10. The summed E-state index contributed by atoms with van der Waals surface area (Å²) in [6.45, 7) is 1.89. The highest BCUT2D eigenvalue weighted by Gasteiger charge is 2.29. The molecule has 2 heterocycles. The molecule has 0 aliphatic carbocycles. The van der Waals surface area contributed by atoms with E-state index in [-0.39, 0.29) is 5.78 Å². The van der Waals surface area contributed by atoms with Crippen LogP contribution >= 0.6 is 11.3 Å². The molecule has 0 spiro atoms. The van der Waals surface area contributed by atoms with Crippen molar-refractivity contribution in [3.63, 3.8) is 0 Å². The molecule has 96 valence electrons. The molecule has 1 aromatic carbocycles. The second-order valence-corrected chi connectivity index (χ2v) is 5.20. The fourth-order valence-electron chi connectivity index (χ4n) is 2.09. The number of carbonyl (C=O) groups is 1. The largest absolute Gasteiger partial charge is 0.496 e. The van der Waals surface area contributed by atoms with Crippen LogP contribution in [0.1, 0.15) is 20.8 Å². The molecule has 0 saturated heterocycles. The Morgan fingerprint density at radius 1 is 1.32 bits per heavy atom. The number of rotatable bonds is 2. The summed E-state index contributed by atoms with van der Waals surface area (Å²) in [4.78, 5) is 13.2. The van der Waals surface area contributed by atoms with E-state index in [4.69, 9.17) is 9.47 Å². The smallest absolute Gasteiger partial charge is 0.232 e. The van der Waals surface area contributed by atoms with E-state index in [1.165, 1.54) is 0 Å². The molecule has 0 N–H and O–H groups in total. The summed E-state index contributed by atoms with van der Waals surface area (Å²) in [7, 11) is 1.61. The number of carbonyl (C=O) groups excluding carboxylic acids is 1. The van der Waals surface area contributed by atoms with Crippen molar-refractivity contribution in [1.29, 1.82) is 0 Å². The van der Waals surface area contributed by atoms with Crippen LogP contribution in [-0.4, -0.2) is 12.9 Å². The number of hydrogen-bond acceptors (Lipinski definition) is 4. The molecule has 0 bridgehead atoms. The molecule has 0 radical (unpaired) electrons. The number of ether oxygens (including phenoxy) is 2. The van der Waals surface area contributed by atoms with Gasteiger partial charge in [0.25, 0.3) is 0 Å². The van der Waals surface area contributed by atoms with Crippen LogP contribution in [0.4, 0.5) is 0 Å². The minimum Gasteiger partial charge on any atom is -0.496 e. The number of ketones is 1. The highest BCUT2D eigenvalue weighted by Crippen LogP contribution is 2.39. The molecule has 2 aromatic rings. The normalized spacial score (nSPS) is 15.5. The Labute approximate surface area is 115 Å². The standard InChI is InChI=1S/C15H12O3S/c1-9-12(17-2)6-5-11-14(16)13(18-15(9)11)8-10-4-3-7-19-10/h3-8H,1-2H3/b13-8-. The number of hydrogen-bond donors (Lipinski definition) is 0. The van der Waals surface area contributed by atoms with E-state index in [9.17, 15) is 4.79 Å². The van der Waals surface area contributed by atoms with Crippen molar-refractivity contribution in [2.24, 2.45) is 0 Å². The minimum absolute atomic E-state index is 0.0749. The molecule has 0 unspecified atom stereocenters. The molecule has 1 aromatic heterocycles. The van der Waals surface area contributed by atoms with Gasteiger partial charge in [0, 0.05) is 16.5 Å². The lowest BCUT2D eigenvalue weighted by atomic mass is 10.1. The number of fused-ring (bicyclic) bond motifs is 1. The van der Waals surface area contributed by atoms with Gasteiger partial charge in [0.1, 0.15) is 11.5 Å². The Hall–Kier alpha value is -2.07. The van der Waals surface area contributed by atoms with Crippen molar-refractivity contribution >= 4 is 23.2 Å². The average molecular weight is 272 g/mol. The van der Waals surface area contributed by atoms with Gasteiger partial charge in [0.05, 0.1) is 12.7 Å². The van der Waals surface area contributed by atoms with Crippen molar-refractivity contribution in [2.45, 2.75) is 6.92 Å². The van der Waals surface area contributed by atoms with E-state index >= 15 is 0 Å². The lowest BCUT2D eigenvalue weighted by molar-refractivity contribution is 0.101. The number of methoxy groups -OCH3 is 1. The molecule has 3 rings (SSSR count). The Balaban J connectivity index is 2.04. The molecular formula is C15H12O3S. The number of benzene rings is 1. The summed E-state index contributed by atoms with van der Waals surface area (Å²) in [5, 5.41) is 1.97. The first-order valence-corrected chi connectivity index (χ1v) is 6.74. The van der Waals surface area contributed by atoms with Gasteiger partial charge >= 0.3 is 0 Å². The average Bonchev–Trinajstić information content (AvgIpc) is 3.01. The third-order valence-electron chi connectivity index (χ3n) is 3.07. The maximum atomic E-state index is 12.2. The van der Waals surface area contributed by atoms with Gasteiger partial charge in [-0.05, 0) is 30.5 Å². The maximum Gasteiger partial charge on any atom is 0.232 e. The summed E-state index contributed by atoms with van der Waals surface area (Å²) < 4.78 is 10.9. The zero-order valence-electron chi connectivity index (χ0n) is 10.6. The summed E-state index contributed by atoms with van der Waals surface area (Å²) >= 11 is 1.57. The van der Waals surface area contributed by atoms with E-state index in [1.807, 2.05) is 24.4 Å². The summed E-state index contributed by atoms with van der Waals surface area (Å²) in [6, 6.07) is 7.44. The zero-order chi connectivity index (χ0) is 13.4. The van der Waals surface area contributed by atoms with Crippen molar-refractivity contribution in [1.82, 2.24) is 0 Å². The molecule has 1 aliphatic rings. The molecule has 19 heavy (non-hydrogen) atoms. The molecule has 0 amide bonds. The van der Waals surface area contributed by atoms with Crippen LogP contribution in [0.3, 0.4) is 0 Å². The molecule has 4 heteroatoms. The van der Waals surface area contributed by atoms with Crippen LogP contribution < -0.4 is 9.47 Å². The molecular weight excluding hydrogens is 260 g/mol. The molecule has 0 fully saturated rings. The number of allylic oxidation sites excluding steroid dienone is 1. The predicted molar refractivity (Wildman–Crippen MR) is 75.0 cm³/mol. The van der Waals surface area contributed by atoms with Crippen LogP contribution in [0, 0.1) is 6.92 Å². The third kappa shape index (κ3) is 1.94. The summed E-state index contributed by atoms with van der Waals surface area (Å²) in [5.41, 5.74) is 1.45. The van der Waals surface area contributed by atoms with Gasteiger partial charge < -0.3 is 9.47 Å². The van der Waals surface area contributed by atoms with Crippen molar-refractivity contribution < 1.29 is 14.3 Å². The van der Waals surface area contributed by atoms with Gasteiger partial charge in [-0.3, -0.25) is 4.79 Å². The van der Waals surface area contributed by atoms with E-state index < -0.39 is 0 Å². The van der Waals surface area contributed by atoms with Crippen LogP contribution in [0.25, 0.3) is 6.08 Å². The molecule has 3 nitrogen and oxygen atoms in total. The second kappa shape index (κ2) is 4.55. The molecule has 0 atom stereocenters. The third-order valence-corrected chi connectivity index (χ3v) is 3.89. The SMILES string of the molecule is COc1ccc2c(c1C)O/C(=C\c1cccs1)C2=O. The molecule has 1 aliphatic heterocycles. The van der Waals surface area contributed by atoms with Gasteiger partial charge in [-0.15, -0.1) is 11.3 Å². The van der Waals surface area contributed by atoms with Gasteiger partial charge in [0.15, 0.2) is 5.76 Å². The van der Waals surface area contributed by atoms with E-state index in [2.05, 4.69) is 0 Å². The van der Waals surface area contributed by atoms with Crippen LogP contribution in [0.2, 0.25) is 0 Å². The lowest BCUT2D eigenvalue weighted by Crippen LogP contribution is -1.97. The Morgan fingerprint density at radius 2 is 2.16 bits per heavy atom. The van der Waals surface area contributed by atoms with Crippen LogP contribution in [0.5, 0.6) is 11.5 Å². The predicted octanol–water partition coefficient (Wildman–Crippen LogP) is 3.68. The Bertz CT molecular complexity index is 669. The van der Waals surface area contributed by atoms with Crippen molar-refractivity contribution in [3.05, 3.63) is 51.4 Å². The first-order chi connectivity index (χ1) is 9.20. The second-order valence-electron chi connectivity index (χ2n) is 4.22. The van der Waals surface area contributed by atoms with Gasteiger partial charge in [-0.25, -0.2) is 0 Å². The monoisotopic (exact) mass is 272 g/mol. The maximum absolute atomic E-state index is 12.2. The first kappa shape index (κ1) is 12.0. The minimum atomic E-state index is -0.0749. The van der Waals surface area contributed by atoms with Gasteiger partial charge in [-0.1, -0.05) is 6.07 Å². The first-order valence-electron chi connectivity index (χ1n) is 5.86. The van der Waals surface area contributed by atoms with E-state index in [1.54, 1.807) is 36.7 Å². The number of thiophene rings is 1. The summed E-state index contributed by atoms with van der Waals surface area (Å²) in [5.74, 6) is 1.62. The van der Waals surface area contributed by atoms with E-state index in [0.717, 1.165) is 16.2 Å². The zero-order valence-corrected chi connectivity index (χ0v) is 11.4. The Kier molecular flexibility index (Phi) is 2.87. The van der Waals surface area contributed by atoms with Crippen LogP contribution in [-0.2, 0) is 0 Å². The lowest BCUT2D eigenvalue weighted by Gasteiger charge is -2.07. The molecule has 0 saturated carbocycles. The van der Waals surface area contributed by atoms with Crippen molar-refractivity contribution in [2.75, 3.05) is 7.11 Å². The highest BCUT2D eigenvalue weighted by atomic mass is 32.1. The van der Waals surface area contributed by atoms with Gasteiger partial charge in [-0.2, -0.15) is 0 Å². The van der Waals surface area contributed by atoms with Crippen molar-refractivity contribution in [3.8, 4) is 11.5 Å². The van der Waals surface area contributed by atoms with E-state index in [0.29, 0.717) is 17.1 Å². The summed E-state index contributed by atoms with van der Waals surface area (Å²) in [6.07, 6.45) is 1.78. The quantitative estimate of drug-likeness (QED) is 0.782. The fourth-order valence-corrected chi connectivity index (χ4v) is 2.74. The van der Waals surface area contributed by atoms with Gasteiger partial charge in [0.2, 0.25) is 5.78 Å². The fraction of sp³-hybridized carbons (Fsp3) is 0.133. The topological polar surface area (TPSA) is 35.5 Å². The Morgan fingerprint density at radius 3 is 2.84 bits per heavy atom.